The first kappa shape index (κ1) is 33.1. The molecule has 1 heterocycles. The van der Waals surface area contributed by atoms with E-state index in [1.165, 1.54) is 14.0 Å². The third-order valence-electron chi connectivity index (χ3n) is 7.23. The van der Waals surface area contributed by atoms with E-state index >= 15 is 0 Å². The van der Waals surface area contributed by atoms with Crippen LogP contribution in [0.2, 0.25) is 0 Å². The number of piperidine rings is 1. The quantitative estimate of drug-likeness (QED) is 0.149. The molecule has 0 bridgehead atoms. The summed E-state index contributed by atoms with van der Waals surface area (Å²) in [7, 11) is 1.53. The predicted molar refractivity (Wildman–Crippen MR) is 149 cm³/mol. The van der Waals surface area contributed by atoms with Gasteiger partial charge in [0.25, 0.3) is 0 Å². The maximum absolute atomic E-state index is 13.7. The van der Waals surface area contributed by atoms with E-state index in [0.29, 0.717) is 38.8 Å². The molecule has 12 nitrogen and oxygen atoms in total. The van der Waals surface area contributed by atoms with Gasteiger partial charge in [-0.05, 0) is 64.0 Å². The molecule has 0 saturated carbocycles. The number of nitrogens with two attached hydrogens (primary N) is 2. The molecule has 3 amide bonds. The number of amides is 3. The third-order valence-corrected chi connectivity index (χ3v) is 7.23. The van der Waals surface area contributed by atoms with Crippen LogP contribution in [0.5, 0.6) is 0 Å². The minimum absolute atomic E-state index is 0.0252. The van der Waals surface area contributed by atoms with Gasteiger partial charge in [-0.2, -0.15) is 0 Å². The molecule has 1 aromatic rings. The summed E-state index contributed by atoms with van der Waals surface area (Å²) in [6.07, 6.45) is 1.72. The van der Waals surface area contributed by atoms with E-state index < -0.39 is 54.0 Å². The Morgan fingerprint density at radius 3 is 2.45 bits per heavy atom. The van der Waals surface area contributed by atoms with Gasteiger partial charge in [-0.25, -0.2) is 4.79 Å². The van der Waals surface area contributed by atoms with Crippen molar-refractivity contribution < 1.29 is 34.1 Å². The van der Waals surface area contributed by atoms with Crippen molar-refractivity contribution in [2.45, 2.75) is 94.7 Å². The Kier molecular flexibility index (Phi) is 14.0. The summed E-state index contributed by atoms with van der Waals surface area (Å²) in [6, 6.07) is 5.56. The fourth-order valence-electron chi connectivity index (χ4n) is 5.00. The molecular formula is C28H45N5O7. The standard InChI is InChI=1S/C28H45N5O7/c1-18(34)25(32-26(36)20(30)17-19-9-4-3-5-10-19)27(37)33-16-8-12-23(40-2)22(33)13-14-24(35)31-21(28(38)39)11-6-7-15-29/h3-5,9-10,18,20-23,25,34H,6-8,11-17,29-30H2,1-2H3,(H,31,35)(H,32,36)(H,38,39)/t18-,20-,21-,22+,23+,25-/m0/s1. The summed E-state index contributed by atoms with van der Waals surface area (Å²) < 4.78 is 5.63. The second-order valence-corrected chi connectivity index (χ2v) is 10.3. The Morgan fingerprint density at radius 1 is 1.15 bits per heavy atom. The molecule has 0 aromatic heterocycles. The van der Waals surface area contributed by atoms with Crippen molar-refractivity contribution in [2.24, 2.45) is 11.5 Å². The molecule has 0 unspecified atom stereocenters. The lowest BCUT2D eigenvalue weighted by molar-refractivity contribution is -0.147. The Bertz CT molecular complexity index is 962. The summed E-state index contributed by atoms with van der Waals surface area (Å²) in [5.74, 6) is -2.61. The van der Waals surface area contributed by atoms with Crippen LogP contribution < -0.4 is 22.1 Å². The van der Waals surface area contributed by atoms with Crippen molar-refractivity contribution in [3.8, 4) is 0 Å². The molecular weight excluding hydrogens is 518 g/mol. The molecule has 1 aliphatic heterocycles. The van der Waals surface area contributed by atoms with Crippen LogP contribution in [0.1, 0.15) is 57.4 Å². The first-order valence-electron chi connectivity index (χ1n) is 13.9. The highest BCUT2D eigenvalue weighted by atomic mass is 16.5. The number of ether oxygens (including phenoxy) is 1. The largest absolute Gasteiger partial charge is 0.480 e. The van der Waals surface area contributed by atoms with E-state index in [0.717, 1.165) is 5.56 Å². The molecule has 1 aromatic carbocycles. The molecule has 2 rings (SSSR count). The van der Waals surface area contributed by atoms with Gasteiger partial charge < -0.3 is 42.0 Å². The summed E-state index contributed by atoms with van der Waals surface area (Å²) >= 11 is 0. The maximum atomic E-state index is 13.7. The van der Waals surface area contributed by atoms with Crippen molar-refractivity contribution in [1.29, 1.82) is 0 Å². The van der Waals surface area contributed by atoms with Gasteiger partial charge in [0.2, 0.25) is 17.7 Å². The Hall–Kier alpha value is -3.06. The lowest BCUT2D eigenvalue weighted by Gasteiger charge is -2.42. The highest BCUT2D eigenvalue weighted by Crippen LogP contribution is 2.25. The van der Waals surface area contributed by atoms with Gasteiger partial charge in [-0.3, -0.25) is 14.4 Å². The number of nitrogens with zero attached hydrogens (tertiary/aromatic N) is 1. The molecule has 40 heavy (non-hydrogen) atoms. The van der Waals surface area contributed by atoms with Gasteiger partial charge in [0, 0.05) is 20.1 Å². The summed E-state index contributed by atoms with van der Waals surface area (Å²) in [4.78, 5) is 52.3. The van der Waals surface area contributed by atoms with Crippen LogP contribution >= 0.6 is 0 Å². The molecule has 12 heteroatoms. The number of hydrogen-bond acceptors (Lipinski definition) is 8. The SMILES string of the molecule is CO[C@@H]1CCCN(C(=O)[C@@H](NC(=O)[C@@H](N)Cc2ccccc2)[C@H](C)O)[C@@H]1CCC(=O)N[C@@H](CCCCN)C(=O)O. The van der Waals surface area contributed by atoms with E-state index in [4.69, 9.17) is 16.2 Å². The topological polar surface area (TPSA) is 197 Å². The fourth-order valence-corrected chi connectivity index (χ4v) is 5.00. The smallest absolute Gasteiger partial charge is 0.326 e. The van der Waals surface area contributed by atoms with Crippen LogP contribution in [-0.4, -0.2) is 95.4 Å². The van der Waals surface area contributed by atoms with Gasteiger partial charge in [-0.1, -0.05) is 30.3 Å². The molecule has 224 valence electrons. The van der Waals surface area contributed by atoms with Gasteiger partial charge in [0.15, 0.2) is 0 Å². The molecule has 0 radical (unpaired) electrons. The molecule has 6 atom stereocenters. The average Bonchev–Trinajstić information content (AvgIpc) is 2.93. The first-order chi connectivity index (χ1) is 19.1. The van der Waals surface area contributed by atoms with Crippen LogP contribution in [0.4, 0.5) is 0 Å². The number of rotatable bonds is 16. The summed E-state index contributed by atoms with van der Waals surface area (Å²) in [5.41, 5.74) is 12.4. The highest BCUT2D eigenvalue weighted by molar-refractivity contribution is 5.90. The van der Waals surface area contributed by atoms with Gasteiger partial charge >= 0.3 is 5.97 Å². The number of likely N-dealkylation sites (tertiary alicyclic amines) is 1. The zero-order chi connectivity index (χ0) is 29.7. The van der Waals surface area contributed by atoms with Gasteiger partial charge in [-0.15, -0.1) is 0 Å². The Labute approximate surface area is 235 Å². The fraction of sp³-hybridized carbons (Fsp3) is 0.643. The van der Waals surface area contributed by atoms with Gasteiger partial charge in [0.05, 0.1) is 24.3 Å². The molecule has 0 spiro atoms. The number of aliphatic hydroxyl groups is 1. The number of unbranched alkanes of at least 4 members (excludes halogenated alkanes) is 1. The monoisotopic (exact) mass is 563 g/mol. The molecule has 0 aliphatic carbocycles. The second kappa shape index (κ2) is 16.9. The molecule has 1 fully saturated rings. The minimum Gasteiger partial charge on any atom is -0.480 e. The predicted octanol–water partition coefficient (Wildman–Crippen LogP) is -0.0934. The number of nitrogens with one attached hydrogen (secondary N) is 2. The number of aliphatic hydroxyl groups excluding tert-OH is 1. The number of aliphatic carboxylic acids is 1. The van der Waals surface area contributed by atoms with E-state index in [2.05, 4.69) is 10.6 Å². The molecule has 1 saturated heterocycles. The zero-order valence-corrected chi connectivity index (χ0v) is 23.5. The van der Waals surface area contributed by atoms with Crippen LogP contribution in [0, 0.1) is 0 Å². The summed E-state index contributed by atoms with van der Waals surface area (Å²) in [6.45, 7) is 2.22. The van der Waals surface area contributed by atoms with Gasteiger partial charge in [0.1, 0.15) is 12.1 Å². The number of carboxylic acids is 1. The van der Waals surface area contributed by atoms with E-state index in [-0.39, 0.29) is 31.8 Å². The van der Waals surface area contributed by atoms with E-state index in [1.54, 1.807) is 4.90 Å². The number of hydrogen-bond donors (Lipinski definition) is 6. The van der Waals surface area contributed by atoms with E-state index in [9.17, 15) is 29.4 Å². The Morgan fingerprint density at radius 2 is 1.85 bits per heavy atom. The summed E-state index contributed by atoms with van der Waals surface area (Å²) in [5, 5.41) is 25.1. The van der Waals surface area contributed by atoms with Crippen LogP contribution in [0.3, 0.4) is 0 Å². The number of methoxy groups -OCH3 is 1. The Balaban J connectivity index is 2.08. The average molecular weight is 564 g/mol. The lowest BCUT2D eigenvalue weighted by Crippen LogP contribution is -2.61. The molecule has 8 N–H and O–H groups in total. The number of carbonyl (C=O) groups excluding carboxylic acids is 3. The van der Waals surface area contributed by atoms with Crippen molar-refractivity contribution >= 4 is 23.7 Å². The van der Waals surface area contributed by atoms with Crippen molar-refractivity contribution in [1.82, 2.24) is 15.5 Å². The first-order valence-corrected chi connectivity index (χ1v) is 13.9. The zero-order valence-electron chi connectivity index (χ0n) is 23.5. The normalized spacial score (nSPS) is 20.2. The van der Waals surface area contributed by atoms with Crippen LogP contribution in [-0.2, 0) is 30.3 Å². The van der Waals surface area contributed by atoms with Crippen LogP contribution in [0.25, 0.3) is 0 Å². The third kappa shape index (κ3) is 10.2. The number of carboxylic acid groups (broad SMARTS) is 1. The molecule has 1 aliphatic rings. The van der Waals surface area contributed by atoms with Crippen molar-refractivity contribution in [3.63, 3.8) is 0 Å². The van der Waals surface area contributed by atoms with Crippen molar-refractivity contribution in [3.05, 3.63) is 35.9 Å². The second-order valence-electron chi connectivity index (χ2n) is 10.3. The van der Waals surface area contributed by atoms with Crippen LogP contribution in [0.15, 0.2) is 30.3 Å². The maximum Gasteiger partial charge on any atom is 0.326 e. The lowest BCUT2D eigenvalue weighted by atomic mass is 9.93. The van der Waals surface area contributed by atoms with E-state index in [1.807, 2.05) is 30.3 Å². The number of benzene rings is 1. The number of carbonyl (C=O) groups is 4. The van der Waals surface area contributed by atoms with Crippen molar-refractivity contribution in [2.75, 3.05) is 20.2 Å². The minimum atomic E-state index is -1.24. The highest BCUT2D eigenvalue weighted by Gasteiger charge is 2.39.